The second-order valence-corrected chi connectivity index (χ2v) is 5.02. The molecule has 3 rings (SSSR count). The summed E-state index contributed by atoms with van der Waals surface area (Å²) in [5, 5.41) is 11.5. The van der Waals surface area contributed by atoms with Crippen molar-refractivity contribution in [3.63, 3.8) is 0 Å². The average molecular weight is 274 g/mol. The first-order valence-electron chi connectivity index (χ1n) is 6.49. The number of aromatic amines is 1. The molecule has 1 aliphatic heterocycles. The number of aromatic nitrogens is 1. The molecule has 2 atom stereocenters. The van der Waals surface area contributed by atoms with Crippen LogP contribution in [0.2, 0.25) is 0 Å². The van der Waals surface area contributed by atoms with Gasteiger partial charge in [-0.3, -0.25) is 14.9 Å². The molecule has 0 radical (unpaired) electrons. The molecule has 1 fully saturated rings. The molecule has 1 N–H and O–H groups in total. The van der Waals surface area contributed by atoms with Crippen molar-refractivity contribution in [1.29, 1.82) is 0 Å². The molecule has 20 heavy (non-hydrogen) atoms. The van der Waals surface area contributed by atoms with Gasteiger partial charge in [0.15, 0.2) is 5.78 Å². The van der Waals surface area contributed by atoms with E-state index in [0.29, 0.717) is 17.7 Å². The lowest BCUT2D eigenvalue weighted by Crippen LogP contribution is -2.21. The zero-order valence-corrected chi connectivity index (χ0v) is 11.0. The number of hydrogen-bond donors (Lipinski definition) is 1. The van der Waals surface area contributed by atoms with Gasteiger partial charge in [-0.05, 0) is 19.4 Å². The normalized spacial score (nSPS) is 22.2. The van der Waals surface area contributed by atoms with E-state index < -0.39 is 4.92 Å². The Bertz CT molecular complexity index is 692. The number of carbonyl (C=O) groups excluding carboxylic acids is 1. The first kappa shape index (κ1) is 12.8. The number of fused-ring (bicyclic) bond motifs is 1. The molecule has 1 aromatic heterocycles. The van der Waals surface area contributed by atoms with Crippen molar-refractivity contribution in [2.45, 2.75) is 19.4 Å². The first-order valence-corrected chi connectivity index (χ1v) is 6.49. The minimum absolute atomic E-state index is 0.0101. The fourth-order valence-corrected chi connectivity index (χ4v) is 2.71. The summed E-state index contributed by atoms with van der Waals surface area (Å²) in [5.74, 6) is -0.0979. The van der Waals surface area contributed by atoms with Crippen LogP contribution < -0.4 is 0 Å². The number of nitrogens with one attached hydrogen (secondary N) is 1. The van der Waals surface area contributed by atoms with Gasteiger partial charge < -0.3 is 9.72 Å². The third-order valence-electron chi connectivity index (χ3n) is 3.85. The van der Waals surface area contributed by atoms with Gasteiger partial charge in [0.05, 0.1) is 22.5 Å². The molecule has 2 heterocycles. The van der Waals surface area contributed by atoms with E-state index in [0.717, 1.165) is 11.8 Å². The number of benzene rings is 1. The molecule has 1 aromatic carbocycles. The third-order valence-corrected chi connectivity index (χ3v) is 3.85. The van der Waals surface area contributed by atoms with E-state index in [1.807, 2.05) is 6.92 Å². The maximum Gasteiger partial charge on any atom is 0.271 e. The zero-order chi connectivity index (χ0) is 14.3. The van der Waals surface area contributed by atoms with Gasteiger partial charge in [-0.25, -0.2) is 0 Å². The van der Waals surface area contributed by atoms with Crippen LogP contribution in [0.3, 0.4) is 0 Å². The number of Topliss-reactive ketones (excluding diaryl/α,β-unsaturated/α-hetero) is 1. The van der Waals surface area contributed by atoms with Crippen LogP contribution in [-0.2, 0) is 4.74 Å². The summed E-state index contributed by atoms with van der Waals surface area (Å²) in [6, 6.07) is 4.49. The summed E-state index contributed by atoms with van der Waals surface area (Å²) in [7, 11) is 0. The van der Waals surface area contributed by atoms with E-state index in [9.17, 15) is 14.9 Å². The molecule has 0 bridgehead atoms. The molecule has 0 aliphatic carbocycles. The molecule has 1 aliphatic rings. The smallest absolute Gasteiger partial charge is 0.271 e. The quantitative estimate of drug-likeness (QED) is 0.529. The molecule has 0 amide bonds. The number of non-ortho nitro benzene ring substituents is 1. The predicted molar refractivity (Wildman–Crippen MR) is 72.8 cm³/mol. The topological polar surface area (TPSA) is 85.2 Å². The SMILES string of the molecule is CC1OCCC1C(=O)c1c[nH]c2cc([N+](=O)[O-])ccc12. The van der Waals surface area contributed by atoms with E-state index in [1.54, 1.807) is 12.3 Å². The van der Waals surface area contributed by atoms with Crippen LogP contribution in [0.25, 0.3) is 10.9 Å². The Labute approximate surface area is 114 Å². The Kier molecular flexibility index (Phi) is 3.02. The molecular formula is C14H14N2O4. The monoisotopic (exact) mass is 274 g/mol. The van der Waals surface area contributed by atoms with Crippen LogP contribution in [0.4, 0.5) is 5.69 Å². The van der Waals surface area contributed by atoms with Crippen molar-refractivity contribution in [3.05, 3.63) is 40.1 Å². The Morgan fingerprint density at radius 1 is 1.50 bits per heavy atom. The van der Waals surface area contributed by atoms with Gasteiger partial charge in [-0.1, -0.05) is 0 Å². The van der Waals surface area contributed by atoms with Crippen molar-refractivity contribution in [2.24, 2.45) is 5.92 Å². The third kappa shape index (κ3) is 1.98. The van der Waals surface area contributed by atoms with Crippen LogP contribution in [0.15, 0.2) is 24.4 Å². The lowest BCUT2D eigenvalue weighted by Gasteiger charge is -2.11. The predicted octanol–water partition coefficient (Wildman–Crippen LogP) is 2.68. The fourth-order valence-electron chi connectivity index (χ4n) is 2.71. The minimum Gasteiger partial charge on any atom is -0.378 e. The molecule has 2 unspecified atom stereocenters. The zero-order valence-electron chi connectivity index (χ0n) is 11.0. The Morgan fingerprint density at radius 2 is 2.30 bits per heavy atom. The number of H-pyrrole nitrogens is 1. The van der Waals surface area contributed by atoms with Crippen LogP contribution in [0, 0.1) is 16.0 Å². The molecule has 104 valence electrons. The molecule has 1 saturated heterocycles. The van der Waals surface area contributed by atoms with Gasteiger partial charge in [-0.2, -0.15) is 0 Å². The van der Waals surface area contributed by atoms with E-state index in [1.165, 1.54) is 12.1 Å². The fraction of sp³-hybridized carbons (Fsp3) is 0.357. The van der Waals surface area contributed by atoms with Crippen LogP contribution >= 0.6 is 0 Å². The maximum atomic E-state index is 12.5. The number of nitro groups is 1. The van der Waals surface area contributed by atoms with E-state index >= 15 is 0 Å². The van der Waals surface area contributed by atoms with Crippen molar-refractivity contribution in [2.75, 3.05) is 6.61 Å². The number of nitrogens with zero attached hydrogens (tertiary/aromatic N) is 1. The standard InChI is InChI=1S/C14H14N2O4/c1-8-10(4-5-20-8)14(17)12-7-15-13-6-9(16(18)19)2-3-11(12)13/h2-3,6-8,10,15H,4-5H2,1H3. The summed E-state index contributed by atoms with van der Waals surface area (Å²) in [4.78, 5) is 25.7. The van der Waals surface area contributed by atoms with Crippen LogP contribution in [0.5, 0.6) is 0 Å². The highest BCUT2D eigenvalue weighted by Crippen LogP contribution is 2.29. The van der Waals surface area contributed by atoms with Crippen LogP contribution in [0.1, 0.15) is 23.7 Å². The number of carbonyl (C=O) groups is 1. The largest absolute Gasteiger partial charge is 0.378 e. The minimum atomic E-state index is -0.450. The van der Waals surface area contributed by atoms with Crippen molar-refractivity contribution < 1.29 is 14.5 Å². The highest BCUT2D eigenvalue weighted by atomic mass is 16.6. The van der Waals surface area contributed by atoms with Crippen molar-refractivity contribution in [1.82, 2.24) is 4.98 Å². The number of rotatable bonds is 3. The number of hydrogen-bond acceptors (Lipinski definition) is 4. The summed E-state index contributed by atoms with van der Waals surface area (Å²) in [6.07, 6.45) is 2.27. The van der Waals surface area contributed by atoms with Gasteiger partial charge in [0.1, 0.15) is 0 Å². The summed E-state index contributed by atoms with van der Waals surface area (Å²) >= 11 is 0. The average Bonchev–Trinajstić information content (AvgIpc) is 3.03. The number of nitro benzene ring substituents is 1. The van der Waals surface area contributed by atoms with Crippen LogP contribution in [-0.4, -0.2) is 28.4 Å². The van der Waals surface area contributed by atoms with Gasteiger partial charge >= 0.3 is 0 Å². The molecule has 6 nitrogen and oxygen atoms in total. The maximum absolute atomic E-state index is 12.5. The summed E-state index contributed by atoms with van der Waals surface area (Å²) in [6.45, 7) is 2.50. The van der Waals surface area contributed by atoms with Gasteiger partial charge in [0, 0.05) is 35.9 Å². The Morgan fingerprint density at radius 3 is 2.95 bits per heavy atom. The number of ketones is 1. The summed E-state index contributed by atoms with van der Waals surface area (Å²) in [5.41, 5.74) is 1.20. The molecule has 0 saturated carbocycles. The van der Waals surface area contributed by atoms with Gasteiger partial charge in [-0.15, -0.1) is 0 Å². The van der Waals surface area contributed by atoms with Crippen molar-refractivity contribution in [3.8, 4) is 0 Å². The second-order valence-electron chi connectivity index (χ2n) is 5.02. The Hall–Kier alpha value is -2.21. The first-order chi connectivity index (χ1) is 9.58. The Balaban J connectivity index is 2.00. The van der Waals surface area contributed by atoms with E-state index in [2.05, 4.69) is 4.98 Å². The number of ether oxygens (including phenoxy) is 1. The van der Waals surface area contributed by atoms with Gasteiger partial charge in [0.2, 0.25) is 0 Å². The lowest BCUT2D eigenvalue weighted by molar-refractivity contribution is -0.384. The highest BCUT2D eigenvalue weighted by molar-refractivity contribution is 6.09. The highest BCUT2D eigenvalue weighted by Gasteiger charge is 2.32. The van der Waals surface area contributed by atoms with E-state index in [-0.39, 0.29) is 23.5 Å². The molecule has 2 aromatic rings. The van der Waals surface area contributed by atoms with Gasteiger partial charge in [0.25, 0.3) is 5.69 Å². The van der Waals surface area contributed by atoms with E-state index in [4.69, 9.17) is 4.74 Å². The molecule has 6 heteroatoms. The van der Waals surface area contributed by atoms with Crippen molar-refractivity contribution >= 4 is 22.4 Å². The molecular weight excluding hydrogens is 260 g/mol. The lowest BCUT2D eigenvalue weighted by atomic mass is 9.92. The summed E-state index contributed by atoms with van der Waals surface area (Å²) < 4.78 is 5.43. The molecule has 0 spiro atoms. The second kappa shape index (κ2) is 4.72.